The van der Waals surface area contributed by atoms with E-state index >= 15 is 0 Å². The van der Waals surface area contributed by atoms with Gasteiger partial charge in [-0.1, -0.05) is 24.3 Å². The summed E-state index contributed by atoms with van der Waals surface area (Å²) in [6.07, 6.45) is -0.790. The summed E-state index contributed by atoms with van der Waals surface area (Å²) in [4.78, 5) is 4.39. The number of aliphatic hydroxyl groups excluding tert-OH is 1. The largest absolute Gasteiger partial charge is 0.387 e. The van der Waals surface area contributed by atoms with Crippen LogP contribution in [0.15, 0.2) is 47.5 Å². The van der Waals surface area contributed by atoms with Crippen molar-refractivity contribution in [2.24, 2.45) is 4.99 Å². The van der Waals surface area contributed by atoms with Gasteiger partial charge in [0.25, 0.3) is 0 Å². The van der Waals surface area contributed by atoms with E-state index in [2.05, 4.69) is 15.6 Å². The molecular formula is C19H23F2N3O. The second-order valence-corrected chi connectivity index (χ2v) is 5.73. The van der Waals surface area contributed by atoms with Crippen LogP contribution < -0.4 is 10.6 Å². The van der Waals surface area contributed by atoms with Crippen LogP contribution in [-0.4, -0.2) is 24.2 Å². The number of hydrogen-bond donors (Lipinski definition) is 3. The van der Waals surface area contributed by atoms with Crippen LogP contribution in [0.5, 0.6) is 0 Å². The van der Waals surface area contributed by atoms with Crippen LogP contribution in [0, 0.1) is 18.6 Å². The van der Waals surface area contributed by atoms with Crippen molar-refractivity contribution >= 4 is 5.96 Å². The van der Waals surface area contributed by atoms with Gasteiger partial charge in [0.05, 0.1) is 12.6 Å². The number of rotatable bonds is 6. The highest BCUT2D eigenvalue weighted by Gasteiger charge is 2.08. The van der Waals surface area contributed by atoms with Gasteiger partial charge in [-0.25, -0.2) is 13.8 Å². The van der Waals surface area contributed by atoms with Gasteiger partial charge >= 0.3 is 0 Å². The first-order chi connectivity index (χ1) is 12.0. The van der Waals surface area contributed by atoms with Gasteiger partial charge in [0.1, 0.15) is 11.6 Å². The molecule has 0 spiro atoms. The lowest BCUT2D eigenvalue weighted by Crippen LogP contribution is -2.39. The third kappa shape index (κ3) is 5.83. The highest BCUT2D eigenvalue weighted by molar-refractivity contribution is 5.79. The van der Waals surface area contributed by atoms with E-state index in [-0.39, 0.29) is 18.2 Å². The molecular weight excluding hydrogens is 324 g/mol. The molecule has 1 unspecified atom stereocenters. The number of nitrogens with zero attached hydrogens (tertiary/aromatic N) is 1. The van der Waals surface area contributed by atoms with Gasteiger partial charge in [-0.2, -0.15) is 0 Å². The van der Waals surface area contributed by atoms with Crippen LogP contribution in [0.4, 0.5) is 8.78 Å². The van der Waals surface area contributed by atoms with Crippen LogP contribution >= 0.6 is 0 Å². The van der Waals surface area contributed by atoms with Gasteiger partial charge in [-0.05, 0) is 48.7 Å². The maximum absolute atomic E-state index is 13.6. The Labute approximate surface area is 146 Å². The number of aliphatic imine (C=N–C) groups is 1. The first-order valence-corrected chi connectivity index (χ1v) is 8.20. The molecule has 0 saturated heterocycles. The Hall–Kier alpha value is -2.47. The molecule has 134 valence electrons. The SMILES string of the molecule is CCNC(=NCc1ccc(C)c(F)c1)NCC(O)c1ccc(F)cc1. The topological polar surface area (TPSA) is 56.7 Å². The normalized spacial score (nSPS) is 12.8. The Morgan fingerprint density at radius 3 is 2.48 bits per heavy atom. The van der Waals surface area contributed by atoms with Crippen molar-refractivity contribution in [3.63, 3.8) is 0 Å². The molecule has 25 heavy (non-hydrogen) atoms. The molecule has 2 rings (SSSR count). The van der Waals surface area contributed by atoms with Gasteiger partial charge in [0.2, 0.25) is 0 Å². The first-order valence-electron chi connectivity index (χ1n) is 8.20. The summed E-state index contributed by atoms with van der Waals surface area (Å²) >= 11 is 0. The van der Waals surface area contributed by atoms with Gasteiger partial charge in [-0.15, -0.1) is 0 Å². The minimum atomic E-state index is -0.790. The molecule has 6 heteroatoms. The van der Waals surface area contributed by atoms with Crippen molar-refractivity contribution in [1.29, 1.82) is 0 Å². The summed E-state index contributed by atoms with van der Waals surface area (Å²) in [5.74, 6) is -0.0776. The molecule has 0 aromatic heterocycles. The third-order valence-corrected chi connectivity index (χ3v) is 3.72. The summed E-state index contributed by atoms with van der Waals surface area (Å²) in [6, 6.07) is 10.7. The molecule has 4 nitrogen and oxygen atoms in total. The van der Waals surface area contributed by atoms with Crippen molar-refractivity contribution in [1.82, 2.24) is 10.6 Å². The van der Waals surface area contributed by atoms with E-state index < -0.39 is 6.10 Å². The quantitative estimate of drug-likeness (QED) is 0.556. The second-order valence-electron chi connectivity index (χ2n) is 5.73. The zero-order chi connectivity index (χ0) is 18.2. The summed E-state index contributed by atoms with van der Waals surface area (Å²) in [5, 5.41) is 16.3. The molecule has 1 atom stereocenters. The fourth-order valence-electron chi connectivity index (χ4n) is 2.24. The third-order valence-electron chi connectivity index (χ3n) is 3.72. The molecule has 0 heterocycles. The molecule has 0 saturated carbocycles. The van der Waals surface area contributed by atoms with E-state index in [4.69, 9.17) is 0 Å². The summed E-state index contributed by atoms with van der Waals surface area (Å²) in [5.41, 5.74) is 1.98. The van der Waals surface area contributed by atoms with Crippen LogP contribution in [0.2, 0.25) is 0 Å². The number of hydrogen-bond acceptors (Lipinski definition) is 2. The van der Waals surface area contributed by atoms with E-state index in [9.17, 15) is 13.9 Å². The molecule has 0 amide bonds. The molecule has 0 aliphatic carbocycles. The Morgan fingerprint density at radius 2 is 1.84 bits per heavy atom. The standard InChI is InChI=1S/C19H23F2N3O/c1-3-22-19(23-11-14-5-4-13(2)17(21)10-14)24-12-18(25)15-6-8-16(20)9-7-15/h4-10,18,25H,3,11-12H2,1-2H3,(H2,22,23,24). The van der Waals surface area contributed by atoms with Crippen molar-refractivity contribution in [2.75, 3.05) is 13.1 Å². The smallest absolute Gasteiger partial charge is 0.191 e. The zero-order valence-electron chi connectivity index (χ0n) is 14.4. The lowest BCUT2D eigenvalue weighted by atomic mass is 10.1. The predicted octanol–water partition coefficient (Wildman–Crippen LogP) is 3.06. The van der Waals surface area contributed by atoms with Gasteiger partial charge in [0.15, 0.2) is 5.96 Å². The van der Waals surface area contributed by atoms with E-state index in [1.165, 1.54) is 18.2 Å². The Kier molecular flexibility index (Phi) is 6.89. The Bertz CT molecular complexity index is 717. The number of benzene rings is 2. The summed E-state index contributed by atoms with van der Waals surface area (Å²) in [6.45, 7) is 4.84. The molecule has 0 bridgehead atoms. The predicted molar refractivity (Wildman–Crippen MR) is 95.3 cm³/mol. The maximum Gasteiger partial charge on any atom is 0.191 e. The lowest BCUT2D eigenvalue weighted by Gasteiger charge is -2.15. The minimum Gasteiger partial charge on any atom is -0.387 e. The van der Waals surface area contributed by atoms with Crippen LogP contribution in [0.25, 0.3) is 0 Å². The number of nitrogens with one attached hydrogen (secondary N) is 2. The Balaban J connectivity index is 1.97. The second kappa shape index (κ2) is 9.13. The van der Waals surface area contributed by atoms with E-state index in [1.54, 1.807) is 25.1 Å². The van der Waals surface area contributed by atoms with E-state index in [0.717, 1.165) is 5.56 Å². The fourth-order valence-corrected chi connectivity index (χ4v) is 2.24. The highest BCUT2D eigenvalue weighted by atomic mass is 19.1. The number of halogens is 2. The molecule has 0 aliphatic rings. The number of aryl methyl sites for hydroxylation is 1. The van der Waals surface area contributed by atoms with Crippen molar-refractivity contribution in [2.45, 2.75) is 26.5 Å². The van der Waals surface area contributed by atoms with Crippen molar-refractivity contribution in [3.05, 3.63) is 70.8 Å². The molecule has 0 radical (unpaired) electrons. The first kappa shape index (κ1) is 18.9. The van der Waals surface area contributed by atoms with Crippen molar-refractivity contribution in [3.8, 4) is 0 Å². The number of guanidine groups is 1. The van der Waals surface area contributed by atoms with Crippen LogP contribution in [-0.2, 0) is 6.54 Å². The molecule has 3 N–H and O–H groups in total. The average Bonchev–Trinajstić information content (AvgIpc) is 2.60. The van der Waals surface area contributed by atoms with E-state index in [1.807, 2.05) is 13.0 Å². The van der Waals surface area contributed by atoms with Crippen LogP contribution in [0.1, 0.15) is 29.7 Å². The van der Waals surface area contributed by atoms with E-state index in [0.29, 0.717) is 30.2 Å². The molecule has 0 fully saturated rings. The molecule has 2 aromatic carbocycles. The van der Waals surface area contributed by atoms with Crippen molar-refractivity contribution < 1.29 is 13.9 Å². The molecule has 0 aliphatic heterocycles. The average molecular weight is 347 g/mol. The maximum atomic E-state index is 13.6. The lowest BCUT2D eigenvalue weighted by molar-refractivity contribution is 0.180. The van der Waals surface area contributed by atoms with Gasteiger partial charge in [-0.3, -0.25) is 0 Å². The zero-order valence-corrected chi connectivity index (χ0v) is 14.4. The summed E-state index contributed by atoms with van der Waals surface area (Å²) < 4.78 is 26.5. The van der Waals surface area contributed by atoms with Crippen LogP contribution in [0.3, 0.4) is 0 Å². The number of aliphatic hydroxyl groups is 1. The fraction of sp³-hybridized carbons (Fsp3) is 0.316. The van der Waals surface area contributed by atoms with Gasteiger partial charge in [0, 0.05) is 13.1 Å². The minimum absolute atomic E-state index is 0.222. The highest BCUT2D eigenvalue weighted by Crippen LogP contribution is 2.12. The Morgan fingerprint density at radius 1 is 1.12 bits per heavy atom. The van der Waals surface area contributed by atoms with Gasteiger partial charge < -0.3 is 15.7 Å². The molecule has 2 aromatic rings. The summed E-state index contributed by atoms with van der Waals surface area (Å²) in [7, 11) is 0. The monoisotopic (exact) mass is 347 g/mol.